The molecule has 0 aliphatic heterocycles. The number of benzene rings is 1. The highest BCUT2D eigenvalue weighted by Crippen LogP contribution is 2.33. The second-order valence-electron chi connectivity index (χ2n) is 6.70. The molecule has 0 saturated heterocycles. The predicted molar refractivity (Wildman–Crippen MR) is 121 cm³/mol. The van der Waals surface area contributed by atoms with Crippen LogP contribution in [0.2, 0.25) is 10.0 Å². The van der Waals surface area contributed by atoms with Gasteiger partial charge in [-0.2, -0.15) is 5.26 Å². The van der Waals surface area contributed by atoms with Crippen LogP contribution in [0, 0.1) is 23.5 Å². The second kappa shape index (κ2) is 10.4. The summed E-state index contributed by atoms with van der Waals surface area (Å²) in [4.78, 5) is 8.78. The number of nitrogens with one attached hydrogen (secondary N) is 2. The third-order valence-corrected chi connectivity index (χ3v) is 4.94. The molecule has 0 amide bonds. The molecule has 0 saturated carbocycles. The average molecular weight is 458 g/mol. The van der Waals surface area contributed by atoms with Gasteiger partial charge in [0.25, 0.3) is 0 Å². The molecule has 10 heteroatoms. The molecule has 3 aromatic rings. The van der Waals surface area contributed by atoms with E-state index in [0.717, 1.165) is 5.56 Å². The third kappa shape index (κ3) is 6.04. The van der Waals surface area contributed by atoms with Crippen LogP contribution >= 0.6 is 23.2 Å². The SMILES string of the molecule is Cc1cc(NCCNc2ccc(CN([O-])O)cn2)nc(-c2ccc(Cl)cc2Cl)c1C#N. The van der Waals surface area contributed by atoms with E-state index in [2.05, 4.69) is 26.7 Å². The standard InChI is InChI=1S/C21H19Cl2N6O2/c1-13-8-20(26-7-6-25-19-5-2-14(11-27-19)12-29(30)31)28-21(17(13)10-24)16-4-3-15(22)9-18(16)23/h2-5,8-9,11,30H,6-7,12H2,1H3,(H,25,27)(H,26,28)/q-1. The first-order valence-corrected chi connectivity index (χ1v) is 10.1. The minimum atomic E-state index is -0.147. The highest BCUT2D eigenvalue weighted by Gasteiger charge is 2.15. The van der Waals surface area contributed by atoms with E-state index in [1.807, 2.05) is 13.0 Å². The van der Waals surface area contributed by atoms with Gasteiger partial charge in [-0.1, -0.05) is 29.3 Å². The Morgan fingerprint density at radius 1 is 1.13 bits per heavy atom. The molecule has 2 aromatic heterocycles. The zero-order chi connectivity index (χ0) is 22.4. The molecule has 0 aliphatic rings. The van der Waals surface area contributed by atoms with Crippen molar-refractivity contribution in [1.82, 2.24) is 15.2 Å². The Labute approximate surface area is 189 Å². The fraction of sp³-hybridized carbons (Fsp3) is 0.190. The van der Waals surface area contributed by atoms with Crippen molar-refractivity contribution in [1.29, 1.82) is 5.26 Å². The van der Waals surface area contributed by atoms with Crippen LogP contribution in [0.15, 0.2) is 42.6 Å². The number of hydrogen-bond acceptors (Lipinski definition) is 8. The maximum Gasteiger partial charge on any atom is 0.127 e. The summed E-state index contributed by atoms with van der Waals surface area (Å²) in [6.07, 6.45) is 1.52. The van der Waals surface area contributed by atoms with Crippen LogP contribution in [-0.2, 0) is 6.54 Å². The van der Waals surface area contributed by atoms with Crippen LogP contribution in [0.4, 0.5) is 11.6 Å². The molecule has 0 unspecified atom stereocenters. The van der Waals surface area contributed by atoms with Crippen LogP contribution in [0.25, 0.3) is 11.3 Å². The van der Waals surface area contributed by atoms with Crippen molar-refractivity contribution in [2.75, 3.05) is 23.7 Å². The first-order valence-electron chi connectivity index (χ1n) is 9.30. The Bertz CT molecular complexity index is 1100. The highest BCUT2D eigenvalue weighted by molar-refractivity contribution is 6.36. The van der Waals surface area contributed by atoms with E-state index in [-0.39, 0.29) is 11.8 Å². The number of aromatic nitrogens is 2. The number of aryl methyl sites for hydroxylation is 1. The lowest BCUT2D eigenvalue weighted by atomic mass is 10.0. The largest absolute Gasteiger partial charge is 0.762 e. The molecule has 3 rings (SSSR count). The molecule has 0 bridgehead atoms. The van der Waals surface area contributed by atoms with Crippen molar-refractivity contribution in [3.05, 3.63) is 74.5 Å². The molecule has 0 fully saturated rings. The summed E-state index contributed by atoms with van der Waals surface area (Å²) in [6, 6.07) is 12.5. The van der Waals surface area contributed by atoms with E-state index in [9.17, 15) is 10.5 Å². The quantitative estimate of drug-likeness (QED) is 0.324. The molecule has 160 valence electrons. The van der Waals surface area contributed by atoms with Gasteiger partial charge in [0.05, 0.1) is 16.3 Å². The number of anilines is 2. The number of hydroxylamine groups is 2. The lowest BCUT2D eigenvalue weighted by Crippen LogP contribution is -2.15. The average Bonchev–Trinajstić information content (AvgIpc) is 2.71. The van der Waals surface area contributed by atoms with Crippen LogP contribution < -0.4 is 10.6 Å². The van der Waals surface area contributed by atoms with Crippen LogP contribution in [0.5, 0.6) is 0 Å². The summed E-state index contributed by atoms with van der Waals surface area (Å²) in [5.41, 5.74) is 2.97. The Kier molecular flexibility index (Phi) is 7.63. The molecule has 31 heavy (non-hydrogen) atoms. The smallest absolute Gasteiger partial charge is 0.127 e. The topological polar surface area (TPSA) is 120 Å². The molecule has 3 N–H and O–H groups in total. The van der Waals surface area contributed by atoms with Crippen molar-refractivity contribution in [3.63, 3.8) is 0 Å². The molecule has 0 atom stereocenters. The fourth-order valence-corrected chi connectivity index (χ4v) is 3.44. The molecular formula is C21H19Cl2N6O2-. The number of halogens is 2. The van der Waals surface area contributed by atoms with Gasteiger partial charge in [0.2, 0.25) is 0 Å². The summed E-state index contributed by atoms with van der Waals surface area (Å²) >= 11 is 12.3. The van der Waals surface area contributed by atoms with Crippen LogP contribution in [0.1, 0.15) is 16.7 Å². The van der Waals surface area contributed by atoms with E-state index in [4.69, 9.17) is 28.4 Å². The van der Waals surface area contributed by atoms with Crippen molar-refractivity contribution in [3.8, 4) is 17.3 Å². The molecule has 8 nitrogen and oxygen atoms in total. The van der Waals surface area contributed by atoms with Crippen molar-refractivity contribution in [2.24, 2.45) is 0 Å². The molecule has 1 aromatic carbocycles. The monoisotopic (exact) mass is 457 g/mol. The van der Waals surface area contributed by atoms with Gasteiger partial charge in [0.15, 0.2) is 0 Å². The lowest BCUT2D eigenvalue weighted by Gasteiger charge is -2.18. The van der Waals surface area contributed by atoms with Gasteiger partial charge in [-0.05, 0) is 48.4 Å². The van der Waals surface area contributed by atoms with Crippen molar-refractivity contribution in [2.45, 2.75) is 13.5 Å². The van der Waals surface area contributed by atoms with Gasteiger partial charge in [0, 0.05) is 36.4 Å². The molecule has 2 heterocycles. The normalized spacial score (nSPS) is 10.7. The predicted octanol–water partition coefficient (Wildman–Crippen LogP) is 4.84. The summed E-state index contributed by atoms with van der Waals surface area (Å²) < 4.78 is 0. The Morgan fingerprint density at radius 2 is 1.87 bits per heavy atom. The van der Waals surface area contributed by atoms with E-state index < -0.39 is 0 Å². The zero-order valence-electron chi connectivity index (χ0n) is 16.6. The van der Waals surface area contributed by atoms with Crippen molar-refractivity contribution >= 4 is 34.8 Å². The Hall–Kier alpha value is -2.93. The minimum Gasteiger partial charge on any atom is -0.762 e. The number of nitriles is 1. The first kappa shape index (κ1) is 22.7. The summed E-state index contributed by atoms with van der Waals surface area (Å²) in [5.74, 6) is 1.25. The van der Waals surface area contributed by atoms with Gasteiger partial charge in [-0.3, -0.25) is 5.23 Å². The molecule has 0 aliphatic carbocycles. The summed E-state index contributed by atoms with van der Waals surface area (Å²) in [6.45, 7) is 2.80. The summed E-state index contributed by atoms with van der Waals surface area (Å²) in [5, 5.41) is 36.1. The Balaban J connectivity index is 1.67. The molecule has 0 radical (unpaired) electrons. The minimum absolute atomic E-state index is 0.140. The maximum atomic E-state index is 10.6. The molecular weight excluding hydrogens is 439 g/mol. The van der Waals surface area contributed by atoms with Gasteiger partial charge >= 0.3 is 0 Å². The number of pyridine rings is 2. The van der Waals surface area contributed by atoms with Gasteiger partial charge in [-0.25, -0.2) is 9.97 Å². The van der Waals surface area contributed by atoms with Crippen LogP contribution in [-0.4, -0.2) is 33.5 Å². The molecule has 0 spiro atoms. The van der Waals surface area contributed by atoms with E-state index in [0.29, 0.717) is 57.2 Å². The lowest BCUT2D eigenvalue weighted by molar-refractivity contribution is -0.0488. The van der Waals surface area contributed by atoms with E-state index in [1.54, 1.807) is 30.3 Å². The van der Waals surface area contributed by atoms with Crippen molar-refractivity contribution < 1.29 is 5.21 Å². The van der Waals surface area contributed by atoms with Crippen LogP contribution in [0.3, 0.4) is 0 Å². The third-order valence-electron chi connectivity index (χ3n) is 4.39. The van der Waals surface area contributed by atoms with E-state index >= 15 is 0 Å². The maximum absolute atomic E-state index is 10.6. The number of hydrogen-bond donors (Lipinski definition) is 3. The Morgan fingerprint density at radius 3 is 2.48 bits per heavy atom. The first-order chi connectivity index (χ1) is 14.9. The summed E-state index contributed by atoms with van der Waals surface area (Å²) in [7, 11) is 0. The zero-order valence-corrected chi connectivity index (χ0v) is 18.1. The number of rotatable bonds is 8. The van der Waals surface area contributed by atoms with Gasteiger partial charge in [0.1, 0.15) is 17.7 Å². The second-order valence-corrected chi connectivity index (χ2v) is 7.54. The van der Waals surface area contributed by atoms with Gasteiger partial charge in [-0.15, -0.1) is 0 Å². The number of nitrogens with zero attached hydrogens (tertiary/aromatic N) is 4. The van der Waals surface area contributed by atoms with Gasteiger partial charge < -0.3 is 21.0 Å². The highest BCUT2D eigenvalue weighted by atomic mass is 35.5. The fourth-order valence-electron chi connectivity index (χ4n) is 2.94. The van der Waals surface area contributed by atoms with E-state index in [1.165, 1.54) is 6.20 Å².